The van der Waals surface area contributed by atoms with Gasteiger partial charge in [0.2, 0.25) is 5.91 Å². The molecule has 1 amide bonds. The van der Waals surface area contributed by atoms with Crippen LogP contribution < -0.4 is 5.32 Å². The lowest BCUT2D eigenvalue weighted by molar-refractivity contribution is -0.122. The third kappa shape index (κ3) is 4.12. The number of amides is 1. The molecule has 0 bridgehead atoms. The Bertz CT molecular complexity index is 658. The number of fused-ring (bicyclic) bond motifs is 1. The standard InChI is InChI=1S/C19H27N3O/c1-2-3-4-7-14-22-17-9-6-5-8-16(17)21-18(22)12-13-20-19(23)15-10-11-15/h5-6,8-9,15H,2-4,7,10-14H2,1H3,(H,20,23). The largest absolute Gasteiger partial charge is 0.355 e. The van der Waals surface area contributed by atoms with Crippen LogP contribution in [0.4, 0.5) is 0 Å². The van der Waals surface area contributed by atoms with E-state index in [1.807, 2.05) is 6.07 Å². The Kier molecular flexibility index (Phi) is 5.31. The third-order valence-corrected chi connectivity index (χ3v) is 4.56. The smallest absolute Gasteiger partial charge is 0.223 e. The summed E-state index contributed by atoms with van der Waals surface area (Å²) < 4.78 is 2.34. The highest BCUT2D eigenvalue weighted by Gasteiger charge is 2.29. The molecule has 1 aliphatic rings. The quantitative estimate of drug-likeness (QED) is 0.718. The number of para-hydroxylation sites is 2. The number of carbonyl (C=O) groups excluding carboxylic acids is 1. The Hall–Kier alpha value is -1.84. The van der Waals surface area contributed by atoms with Gasteiger partial charge in [0.15, 0.2) is 0 Å². The zero-order chi connectivity index (χ0) is 16.1. The number of rotatable bonds is 9. The van der Waals surface area contributed by atoms with Crippen molar-refractivity contribution < 1.29 is 4.79 Å². The highest BCUT2D eigenvalue weighted by Crippen LogP contribution is 2.28. The lowest BCUT2D eigenvalue weighted by Crippen LogP contribution is -2.27. The van der Waals surface area contributed by atoms with Crippen LogP contribution in [0.3, 0.4) is 0 Å². The van der Waals surface area contributed by atoms with Crippen LogP contribution in [-0.4, -0.2) is 22.0 Å². The first kappa shape index (κ1) is 16.0. The van der Waals surface area contributed by atoms with Crippen LogP contribution in [0.1, 0.15) is 51.3 Å². The number of aromatic nitrogens is 2. The number of carbonyl (C=O) groups is 1. The van der Waals surface area contributed by atoms with Gasteiger partial charge in [0, 0.05) is 25.4 Å². The summed E-state index contributed by atoms with van der Waals surface area (Å²) in [5.74, 6) is 1.59. The minimum atomic E-state index is 0.218. The van der Waals surface area contributed by atoms with Gasteiger partial charge in [-0.25, -0.2) is 4.98 Å². The van der Waals surface area contributed by atoms with Crippen LogP contribution in [0, 0.1) is 5.92 Å². The van der Waals surface area contributed by atoms with Crippen LogP contribution >= 0.6 is 0 Å². The van der Waals surface area contributed by atoms with Gasteiger partial charge in [-0.05, 0) is 31.4 Å². The van der Waals surface area contributed by atoms with Crippen molar-refractivity contribution in [2.24, 2.45) is 5.92 Å². The molecule has 1 N–H and O–H groups in total. The maximum absolute atomic E-state index is 11.8. The van der Waals surface area contributed by atoms with Crippen molar-refractivity contribution in [3.8, 4) is 0 Å². The van der Waals surface area contributed by atoms with Crippen LogP contribution in [0.25, 0.3) is 11.0 Å². The van der Waals surface area contributed by atoms with E-state index >= 15 is 0 Å². The fraction of sp³-hybridized carbons (Fsp3) is 0.579. The van der Waals surface area contributed by atoms with E-state index in [-0.39, 0.29) is 11.8 Å². The summed E-state index contributed by atoms with van der Waals surface area (Å²) in [5.41, 5.74) is 2.28. The van der Waals surface area contributed by atoms with Gasteiger partial charge in [0.05, 0.1) is 11.0 Å². The molecule has 1 aromatic carbocycles. The molecule has 2 aromatic rings. The molecule has 1 fully saturated rings. The molecule has 23 heavy (non-hydrogen) atoms. The summed E-state index contributed by atoms with van der Waals surface area (Å²) in [6, 6.07) is 8.33. The molecule has 1 saturated carbocycles. The average molecular weight is 313 g/mol. The molecular formula is C19H27N3O. The molecule has 0 radical (unpaired) electrons. The van der Waals surface area contributed by atoms with Crippen LogP contribution in [0.15, 0.2) is 24.3 Å². The number of aryl methyl sites for hydroxylation is 1. The Morgan fingerprint density at radius 1 is 1.26 bits per heavy atom. The van der Waals surface area contributed by atoms with E-state index in [2.05, 4.69) is 35.0 Å². The number of nitrogens with one attached hydrogen (secondary N) is 1. The topological polar surface area (TPSA) is 46.9 Å². The van der Waals surface area contributed by atoms with Crippen molar-refractivity contribution in [3.63, 3.8) is 0 Å². The first-order valence-corrected chi connectivity index (χ1v) is 9.01. The van der Waals surface area contributed by atoms with E-state index in [0.717, 1.165) is 37.1 Å². The van der Waals surface area contributed by atoms with E-state index in [1.165, 1.54) is 31.2 Å². The van der Waals surface area contributed by atoms with Gasteiger partial charge in [-0.2, -0.15) is 0 Å². The molecule has 0 atom stereocenters. The van der Waals surface area contributed by atoms with Gasteiger partial charge in [-0.3, -0.25) is 4.79 Å². The maximum Gasteiger partial charge on any atom is 0.223 e. The monoisotopic (exact) mass is 313 g/mol. The lowest BCUT2D eigenvalue weighted by Gasteiger charge is -2.10. The molecule has 0 aliphatic heterocycles. The summed E-state index contributed by atoms with van der Waals surface area (Å²) in [6.07, 6.45) is 7.92. The molecule has 1 heterocycles. The van der Waals surface area contributed by atoms with Crippen molar-refractivity contribution in [2.45, 2.75) is 58.4 Å². The zero-order valence-electron chi connectivity index (χ0n) is 14.1. The molecule has 0 saturated heterocycles. The lowest BCUT2D eigenvalue weighted by atomic mass is 10.2. The number of benzene rings is 1. The van der Waals surface area contributed by atoms with Crippen molar-refractivity contribution in [2.75, 3.05) is 6.54 Å². The molecule has 0 unspecified atom stereocenters. The van der Waals surface area contributed by atoms with Crippen LogP contribution in [0.2, 0.25) is 0 Å². The second kappa shape index (κ2) is 7.62. The molecule has 4 heteroatoms. The van der Waals surface area contributed by atoms with Crippen LogP contribution in [-0.2, 0) is 17.8 Å². The summed E-state index contributed by atoms with van der Waals surface area (Å²) in [4.78, 5) is 16.5. The van der Waals surface area contributed by atoms with Crippen molar-refractivity contribution in [3.05, 3.63) is 30.1 Å². The first-order valence-electron chi connectivity index (χ1n) is 9.01. The van der Waals surface area contributed by atoms with E-state index in [9.17, 15) is 4.79 Å². The Balaban J connectivity index is 1.65. The molecular weight excluding hydrogens is 286 g/mol. The predicted molar refractivity (Wildman–Crippen MR) is 93.3 cm³/mol. The molecule has 1 aromatic heterocycles. The van der Waals surface area contributed by atoms with Gasteiger partial charge in [0.1, 0.15) is 5.82 Å². The van der Waals surface area contributed by atoms with Gasteiger partial charge in [0.25, 0.3) is 0 Å². The van der Waals surface area contributed by atoms with Crippen molar-refractivity contribution in [1.29, 1.82) is 0 Å². The first-order chi connectivity index (χ1) is 11.3. The third-order valence-electron chi connectivity index (χ3n) is 4.56. The van der Waals surface area contributed by atoms with E-state index in [4.69, 9.17) is 4.98 Å². The summed E-state index contributed by atoms with van der Waals surface area (Å²) in [5, 5.41) is 3.05. The van der Waals surface area contributed by atoms with Gasteiger partial charge >= 0.3 is 0 Å². The number of nitrogens with zero attached hydrogens (tertiary/aromatic N) is 2. The number of unbranched alkanes of at least 4 members (excludes halogenated alkanes) is 3. The van der Waals surface area contributed by atoms with Crippen molar-refractivity contribution >= 4 is 16.9 Å². The van der Waals surface area contributed by atoms with Crippen LogP contribution in [0.5, 0.6) is 0 Å². The molecule has 1 aliphatic carbocycles. The second-order valence-corrected chi connectivity index (χ2v) is 6.54. The zero-order valence-corrected chi connectivity index (χ0v) is 14.1. The molecule has 124 valence electrons. The SMILES string of the molecule is CCCCCCn1c(CCNC(=O)C2CC2)nc2ccccc21. The predicted octanol–water partition coefficient (Wildman–Crippen LogP) is 3.69. The molecule has 0 spiro atoms. The number of hydrogen-bond donors (Lipinski definition) is 1. The van der Waals surface area contributed by atoms with Gasteiger partial charge in [-0.15, -0.1) is 0 Å². The molecule has 4 nitrogen and oxygen atoms in total. The fourth-order valence-electron chi connectivity index (χ4n) is 3.05. The Morgan fingerprint density at radius 3 is 2.87 bits per heavy atom. The van der Waals surface area contributed by atoms with Gasteiger partial charge in [-0.1, -0.05) is 38.3 Å². The summed E-state index contributed by atoms with van der Waals surface area (Å²) in [6.45, 7) is 3.95. The minimum absolute atomic E-state index is 0.218. The Labute approximate surface area is 138 Å². The van der Waals surface area contributed by atoms with E-state index in [0.29, 0.717) is 6.54 Å². The second-order valence-electron chi connectivity index (χ2n) is 6.54. The minimum Gasteiger partial charge on any atom is -0.355 e. The van der Waals surface area contributed by atoms with E-state index < -0.39 is 0 Å². The average Bonchev–Trinajstić information content (AvgIpc) is 3.35. The highest BCUT2D eigenvalue weighted by atomic mass is 16.2. The highest BCUT2D eigenvalue weighted by molar-refractivity contribution is 5.80. The Morgan fingerprint density at radius 2 is 2.09 bits per heavy atom. The summed E-state index contributed by atoms with van der Waals surface area (Å²) in [7, 11) is 0. The number of imidazole rings is 1. The van der Waals surface area contributed by atoms with E-state index in [1.54, 1.807) is 0 Å². The normalized spacial score (nSPS) is 14.3. The maximum atomic E-state index is 11.8. The van der Waals surface area contributed by atoms with Crippen molar-refractivity contribution in [1.82, 2.24) is 14.9 Å². The molecule has 3 rings (SSSR count). The fourth-order valence-corrected chi connectivity index (χ4v) is 3.05. The van der Waals surface area contributed by atoms with Gasteiger partial charge < -0.3 is 9.88 Å². The number of hydrogen-bond acceptors (Lipinski definition) is 2. The summed E-state index contributed by atoms with van der Waals surface area (Å²) >= 11 is 0.